The van der Waals surface area contributed by atoms with E-state index in [0.29, 0.717) is 30.2 Å². The molecule has 4 rings (SSSR count). The van der Waals surface area contributed by atoms with Gasteiger partial charge in [-0.15, -0.1) is 0 Å². The van der Waals surface area contributed by atoms with E-state index in [1.807, 2.05) is 26.0 Å². The summed E-state index contributed by atoms with van der Waals surface area (Å²) in [6, 6.07) is 7.04. The van der Waals surface area contributed by atoms with E-state index in [0.717, 1.165) is 16.9 Å². The van der Waals surface area contributed by atoms with Gasteiger partial charge in [-0.05, 0) is 38.0 Å². The molecule has 156 valence electrons. The number of amides is 1. The second-order valence-corrected chi connectivity index (χ2v) is 9.65. The van der Waals surface area contributed by atoms with Crippen LogP contribution in [0.3, 0.4) is 0 Å². The van der Waals surface area contributed by atoms with Gasteiger partial charge in [-0.1, -0.05) is 6.07 Å². The molecular weight excluding hydrogens is 396 g/mol. The molecule has 10 heteroatoms. The molecule has 0 unspecified atom stereocenters. The molecular formula is C19H24N4O5S. The third kappa shape index (κ3) is 4.23. The Morgan fingerprint density at radius 1 is 1.38 bits per heavy atom. The molecule has 0 radical (unpaired) electrons. The first kappa shape index (κ1) is 19.7. The van der Waals surface area contributed by atoms with Crippen molar-refractivity contribution in [3.05, 3.63) is 35.5 Å². The van der Waals surface area contributed by atoms with Crippen LogP contribution in [0.5, 0.6) is 0 Å². The Hall–Kier alpha value is -2.59. The smallest absolute Gasteiger partial charge is 0.407 e. The number of aromatic amines is 1. The van der Waals surface area contributed by atoms with Crippen molar-refractivity contribution in [2.24, 2.45) is 0 Å². The number of sulfone groups is 1. The standard InChI is InChI=1S/C19H24N4O5S/c1-11(2)20-19(24)28-12-8-16(27-10-12)15-9-18(23-22-15)21-14-4-3-5-17-13(14)6-7-29(17,25)26/h3-5,9,11-12,16H,6-8,10H2,1-2H3,(H,20,24)(H2,21,22,23)/t12-,16+/m1/s1. The number of fused-ring (bicyclic) bond motifs is 1. The molecule has 0 spiro atoms. The highest BCUT2D eigenvalue weighted by atomic mass is 32.2. The molecule has 29 heavy (non-hydrogen) atoms. The third-order valence-corrected chi connectivity index (χ3v) is 6.73. The van der Waals surface area contributed by atoms with Gasteiger partial charge >= 0.3 is 6.09 Å². The molecule has 1 aromatic carbocycles. The van der Waals surface area contributed by atoms with Crippen LogP contribution in [0.25, 0.3) is 0 Å². The normalized spacial score (nSPS) is 22.4. The number of ether oxygens (including phenoxy) is 2. The van der Waals surface area contributed by atoms with Gasteiger partial charge in [-0.2, -0.15) is 5.10 Å². The first-order valence-corrected chi connectivity index (χ1v) is 11.2. The van der Waals surface area contributed by atoms with Crippen molar-refractivity contribution < 1.29 is 22.7 Å². The fraction of sp³-hybridized carbons (Fsp3) is 0.474. The van der Waals surface area contributed by atoms with E-state index in [2.05, 4.69) is 20.8 Å². The van der Waals surface area contributed by atoms with E-state index in [1.54, 1.807) is 12.1 Å². The second-order valence-electron chi connectivity index (χ2n) is 7.57. The largest absolute Gasteiger partial charge is 0.444 e. The molecule has 3 N–H and O–H groups in total. The van der Waals surface area contributed by atoms with Crippen molar-refractivity contribution in [3.63, 3.8) is 0 Å². The SMILES string of the molecule is CC(C)NC(=O)O[C@H]1CO[C@H](c2cc(Nc3cccc4c3CCS4(=O)=O)n[nH]2)C1. The van der Waals surface area contributed by atoms with Crippen LogP contribution in [0.15, 0.2) is 29.2 Å². The maximum Gasteiger partial charge on any atom is 0.407 e. The Bertz CT molecular complexity index is 1020. The van der Waals surface area contributed by atoms with Gasteiger partial charge in [-0.25, -0.2) is 13.2 Å². The van der Waals surface area contributed by atoms with Gasteiger partial charge in [0.1, 0.15) is 12.2 Å². The molecule has 1 saturated heterocycles. The number of benzene rings is 1. The average Bonchev–Trinajstić information content (AvgIpc) is 3.35. The number of carbonyl (C=O) groups is 1. The van der Waals surface area contributed by atoms with Crippen LogP contribution in [0.2, 0.25) is 0 Å². The number of carbonyl (C=O) groups excluding carboxylic acids is 1. The van der Waals surface area contributed by atoms with Gasteiger partial charge < -0.3 is 20.1 Å². The van der Waals surface area contributed by atoms with Gasteiger partial charge in [-0.3, -0.25) is 5.10 Å². The third-order valence-electron chi connectivity index (χ3n) is 4.94. The van der Waals surface area contributed by atoms with E-state index in [-0.39, 0.29) is 24.0 Å². The maximum atomic E-state index is 12.1. The van der Waals surface area contributed by atoms with Crippen molar-refractivity contribution >= 4 is 27.4 Å². The number of nitrogens with one attached hydrogen (secondary N) is 3. The van der Waals surface area contributed by atoms with E-state index < -0.39 is 15.9 Å². The number of nitrogens with zero attached hydrogens (tertiary/aromatic N) is 1. The Kier molecular flexibility index (Phi) is 5.22. The maximum absolute atomic E-state index is 12.1. The quantitative estimate of drug-likeness (QED) is 0.679. The molecule has 3 heterocycles. The van der Waals surface area contributed by atoms with Crippen molar-refractivity contribution in [3.8, 4) is 0 Å². The zero-order chi connectivity index (χ0) is 20.6. The number of anilines is 2. The topological polar surface area (TPSA) is 122 Å². The molecule has 2 aliphatic rings. The van der Waals surface area contributed by atoms with Crippen LogP contribution in [-0.2, 0) is 25.7 Å². The summed E-state index contributed by atoms with van der Waals surface area (Å²) in [4.78, 5) is 12.1. The lowest BCUT2D eigenvalue weighted by atomic mass is 10.1. The van der Waals surface area contributed by atoms with Crippen LogP contribution in [-0.4, -0.2) is 49.2 Å². The first-order chi connectivity index (χ1) is 13.8. The Morgan fingerprint density at radius 2 is 2.21 bits per heavy atom. The molecule has 2 atom stereocenters. The van der Waals surface area contributed by atoms with Gasteiger partial charge in [0.15, 0.2) is 15.7 Å². The number of hydrogen-bond donors (Lipinski definition) is 3. The highest BCUT2D eigenvalue weighted by molar-refractivity contribution is 7.91. The van der Waals surface area contributed by atoms with E-state index >= 15 is 0 Å². The summed E-state index contributed by atoms with van der Waals surface area (Å²) in [7, 11) is -3.19. The lowest BCUT2D eigenvalue weighted by molar-refractivity contribution is 0.0682. The molecule has 0 bridgehead atoms. The lowest BCUT2D eigenvalue weighted by Crippen LogP contribution is -2.33. The van der Waals surface area contributed by atoms with Crippen LogP contribution in [0.4, 0.5) is 16.3 Å². The molecule has 0 saturated carbocycles. The fourth-order valence-corrected chi connectivity index (χ4v) is 5.17. The molecule has 9 nitrogen and oxygen atoms in total. The van der Waals surface area contributed by atoms with Gasteiger partial charge in [0, 0.05) is 24.2 Å². The predicted octanol–water partition coefficient (Wildman–Crippen LogP) is 2.45. The van der Waals surface area contributed by atoms with E-state index in [9.17, 15) is 13.2 Å². The first-order valence-electron chi connectivity index (χ1n) is 9.57. The minimum Gasteiger partial charge on any atom is -0.444 e. The molecule has 2 aromatic rings. The zero-order valence-electron chi connectivity index (χ0n) is 16.3. The number of H-pyrrole nitrogens is 1. The fourth-order valence-electron chi connectivity index (χ4n) is 3.60. The summed E-state index contributed by atoms with van der Waals surface area (Å²) >= 11 is 0. The summed E-state index contributed by atoms with van der Waals surface area (Å²) in [5.41, 5.74) is 2.29. The summed E-state index contributed by atoms with van der Waals surface area (Å²) in [6.45, 7) is 4.06. The predicted molar refractivity (Wildman–Crippen MR) is 106 cm³/mol. The Balaban J connectivity index is 1.40. The van der Waals surface area contributed by atoms with Gasteiger partial charge in [0.2, 0.25) is 0 Å². The van der Waals surface area contributed by atoms with Gasteiger partial charge in [0.05, 0.1) is 22.9 Å². The minimum atomic E-state index is -3.19. The second kappa shape index (κ2) is 7.68. The van der Waals surface area contributed by atoms with Gasteiger partial charge in [0.25, 0.3) is 0 Å². The van der Waals surface area contributed by atoms with E-state index in [1.165, 1.54) is 0 Å². The monoisotopic (exact) mass is 420 g/mol. The number of rotatable bonds is 5. The summed E-state index contributed by atoms with van der Waals surface area (Å²) in [6.07, 6.45) is -0.0000913. The number of hydrogen-bond acceptors (Lipinski definition) is 7. The van der Waals surface area contributed by atoms with Crippen LogP contribution < -0.4 is 10.6 Å². The van der Waals surface area contributed by atoms with Crippen molar-refractivity contribution in [2.45, 2.75) is 49.8 Å². The Morgan fingerprint density at radius 3 is 3.00 bits per heavy atom. The van der Waals surface area contributed by atoms with Crippen LogP contribution in [0.1, 0.15) is 37.6 Å². The van der Waals surface area contributed by atoms with E-state index in [4.69, 9.17) is 9.47 Å². The zero-order valence-corrected chi connectivity index (χ0v) is 17.1. The molecule has 1 amide bonds. The molecule has 0 aliphatic carbocycles. The average molecular weight is 420 g/mol. The summed E-state index contributed by atoms with van der Waals surface area (Å²) in [5.74, 6) is 0.706. The molecule has 1 aromatic heterocycles. The molecule has 2 aliphatic heterocycles. The number of alkyl carbamates (subject to hydrolysis) is 1. The molecule has 1 fully saturated rings. The summed E-state index contributed by atoms with van der Waals surface area (Å²) < 4.78 is 35.3. The summed E-state index contributed by atoms with van der Waals surface area (Å²) in [5, 5.41) is 13.1. The minimum absolute atomic E-state index is 0.0104. The van der Waals surface area contributed by atoms with Crippen molar-refractivity contribution in [1.82, 2.24) is 15.5 Å². The Labute approximate surface area is 169 Å². The number of aromatic nitrogens is 2. The van der Waals surface area contributed by atoms with Crippen LogP contribution in [0, 0.1) is 0 Å². The highest BCUT2D eigenvalue weighted by Gasteiger charge is 2.31. The highest BCUT2D eigenvalue weighted by Crippen LogP contribution is 2.34. The van der Waals surface area contributed by atoms with Crippen molar-refractivity contribution in [1.29, 1.82) is 0 Å². The van der Waals surface area contributed by atoms with Crippen LogP contribution >= 0.6 is 0 Å². The van der Waals surface area contributed by atoms with Crippen molar-refractivity contribution in [2.75, 3.05) is 17.7 Å². The lowest BCUT2D eigenvalue weighted by Gasteiger charge is -2.13.